The molecule has 0 aromatic carbocycles. The molecule has 104 valence electrons. The van der Waals surface area contributed by atoms with E-state index in [0.717, 1.165) is 35.5 Å². The largest absolute Gasteiger partial charge is 0.0625 e. The minimum absolute atomic E-state index is 0.425. The van der Waals surface area contributed by atoms with Gasteiger partial charge in [0.25, 0.3) is 0 Å². The van der Waals surface area contributed by atoms with E-state index in [0.29, 0.717) is 5.41 Å². The van der Waals surface area contributed by atoms with Gasteiger partial charge in [0.05, 0.1) is 0 Å². The molecule has 17 heavy (non-hydrogen) atoms. The quantitative estimate of drug-likeness (QED) is 0.564. The monoisotopic (exact) mass is 240 g/mol. The highest BCUT2D eigenvalue weighted by atomic mass is 14.4. The molecular formula is C17H36. The standard InChI is InChI=1S/C17H36/c1-11(2)12(3)13(4)14(5)15(6)16(7)17(8,9)10/h11-16H,1-10H3. The molecule has 5 atom stereocenters. The van der Waals surface area contributed by atoms with Crippen LogP contribution in [0.15, 0.2) is 0 Å². The Labute approximate surface area is 111 Å². The zero-order valence-corrected chi connectivity index (χ0v) is 14.0. The van der Waals surface area contributed by atoms with Gasteiger partial charge in [-0.2, -0.15) is 0 Å². The van der Waals surface area contributed by atoms with Crippen molar-refractivity contribution in [1.29, 1.82) is 0 Å². The number of rotatable bonds is 5. The van der Waals surface area contributed by atoms with Gasteiger partial charge >= 0.3 is 0 Å². The van der Waals surface area contributed by atoms with Gasteiger partial charge in [0.15, 0.2) is 0 Å². The van der Waals surface area contributed by atoms with Crippen molar-refractivity contribution in [3.63, 3.8) is 0 Å². The van der Waals surface area contributed by atoms with Gasteiger partial charge in [-0.15, -0.1) is 0 Å². The summed E-state index contributed by atoms with van der Waals surface area (Å²) in [5, 5.41) is 0. The fraction of sp³-hybridized carbons (Fsp3) is 1.00. The molecule has 0 aliphatic heterocycles. The first kappa shape index (κ1) is 17.0. The van der Waals surface area contributed by atoms with Crippen LogP contribution in [0, 0.1) is 40.9 Å². The van der Waals surface area contributed by atoms with Gasteiger partial charge in [0.2, 0.25) is 0 Å². The van der Waals surface area contributed by atoms with Crippen LogP contribution in [0.25, 0.3) is 0 Å². The van der Waals surface area contributed by atoms with Gasteiger partial charge in [-0.25, -0.2) is 0 Å². The van der Waals surface area contributed by atoms with Gasteiger partial charge in [0.1, 0.15) is 0 Å². The molecule has 0 aromatic heterocycles. The molecule has 0 saturated carbocycles. The first-order valence-corrected chi connectivity index (χ1v) is 7.50. The van der Waals surface area contributed by atoms with Crippen LogP contribution in [0.3, 0.4) is 0 Å². The van der Waals surface area contributed by atoms with Crippen LogP contribution in [0.2, 0.25) is 0 Å². The minimum Gasteiger partial charge on any atom is -0.0625 e. The molecular weight excluding hydrogens is 204 g/mol. The van der Waals surface area contributed by atoms with Crippen molar-refractivity contribution in [2.45, 2.75) is 69.2 Å². The molecule has 0 rings (SSSR count). The average Bonchev–Trinajstić information content (AvgIpc) is 2.22. The van der Waals surface area contributed by atoms with Gasteiger partial charge in [-0.3, -0.25) is 0 Å². The van der Waals surface area contributed by atoms with E-state index in [2.05, 4.69) is 69.2 Å². The third-order valence-corrected chi connectivity index (χ3v) is 5.69. The van der Waals surface area contributed by atoms with E-state index in [1.165, 1.54) is 0 Å². The molecule has 0 spiro atoms. The lowest BCUT2D eigenvalue weighted by Crippen LogP contribution is -2.33. The van der Waals surface area contributed by atoms with Crippen molar-refractivity contribution in [3.8, 4) is 0 Å². The lowest BCUT2D eigenvalue weighted by molar-refractivity contribution is 0.0908. The second-order valence-electron chi connectivity index (χ2n) is 7.84. The highest BCUT2D eigenvalue weighted by Gasteiger charge is 2.32. The fourth-order valence-corrected chi connectivity index (χ4v) is 2.81. The first-order valence-electron chi connectivity index (χ1n) is 7.50. The van der Waals surface area contributed by atoms with E-state index >= 15 is 0 Å². The topological polar surface area (TPSA) is 0 Å². The molecule has 0 radical (unpaired) electrons. The summed E-state index contributed by atoms with van der Waals surface area (Å²) in [6, 6.07) is 0. The van der Waals surface area contributed by atoms with E-state index in [9.17, 15) is 0 Å². The molecule has 5 unspecified atom stereocenters. The van der Waals surface area contributed by atoms with Crippen LogP contribution in [-0.4, -0.2) is 0 Å². The third-order valence-electron chi connectivity index (χ3n) is 5.69. The molecule has 0 fully saturated rings. The Hall–Kier alpha value is 0. The number of hydrogen-bond donors (Lipinski definition) is 0. The Morgan fingerprint density at radius 3 is 1.18 bits per heavy atom. The smallest absolute Gasteiger partial charge is 0.0354 e. The van der Waals surface area contributed by atoms with E-state index in [1.807, 2.05) is 0 Å². The predicted molar refractivity (Wildman–Crippen MR) is 80.1 cm³/mol. The Bertz CT molecular complexity index is 209. The predicted octanol–water partition coefficient (Wildman–Crippen LogP) is 5.87. The first-order chi connectivity index (χ1) is 7.50. The molecule has 0 N–H and O–H groups in total. The minimum atomic E-state index is 0.425. The van der Waals surface area contributed by atoms with Crippen molar-refractivity contribution in [1.82, 2.24) is 0 Å². The highest BCUT2D eigenvalue weighted by Crippen LogP contribution is 2.40. The zero-order chi connectivity index (χ0) is 14.0. The lowest BCUT2D eigenvalue weighted by atomic mass is 9.66. The van der Waals surface area contributed by atoms with Crippen LogP contribution in [0.5, 0.6) is 0 Å². The molecule has 0 bridgehead atoms. The Morgan fingerprint density at radius 2 is 0.882 bits per heavy atom. The normalized spacial score (nSPS) is 22.1. The molecule has 0 heteroatoms. The van der Waals surface area contributed by atoms with Crippen LogP contribution in [0.4, 0.5) is 0 Å². The van der Waals surface area contributed by atoms with Gasteiger partial charge in [-0.05, 0) is 40.9 Å². The Balaban J connectivity index is 4.65. The van der Waals surface area contributed by atoms with E-state index in [-0.39, 0.29) is 0 Å². The fourth-order valence-electron chi connectivity index (χ4n) is 2.81. The maximum absolute atomic E-state index is 2.45. The SMILES string of the molecule is CC(C)C(C)C(C)C(C)C(C)C(C)C(C)(C)C. The average molecular weight is 240 g/mol. The summed E-state index contributed by atoms with van der Waals surface area (Å²) >= 11 is 0. The van der Waals surface area contributed by atoms with Crippen LogP contribution in [0.1, 0.15) is 69.2 Å². The summed E-state index contributed by atoms with van der Waals surface area (Å²) in [6.45, 7) is 24.0. The van der Waals surface area contributed by atoms with E-state index in [4.69, 9.17) is 0 Å². The van der Waals surface area contributed by atoms with Crippen molar-refractivity contribution in [3.05, 3.63) is 0 Å². The summed E-state index contributed by atoms with van der Waals surface area (Å²) in [7, 11) is 0. The van der Waals surface area contributed by atoms with Crippen molar-refractivity contribution >= 4 is 0 Å². The van der Waals surface area contributed by atoms with Crippen molar-refractivity contribution < 1.29 is 0 Å². The Kier molecular flexibility index (Phi) is 6.25. The van der Waals surface area contributed by atoms with Crippen LogP contribution < -0.4 is 0 Å². The van der Waals surface area contributed by atoms with Gasteiger partial charge in [0, 0.05) is 0 Å². The number of hydrogen-bond acceptors (Lipinski definition) is 0. The van der Waals surface area contributed by atoms with E-state index < -0.39 is 0 Å². The molecule has 0 aliphatic carbocycles. The van der Waals surface area contributed by atoms with Gasteiger partial charge < -0.3 is 0 Å². The van der Waals surface area contributed by atoms with E-state index in [1.54, 1.807) is 0 Å². The molecule has 0 amide bonds. The van der Waals surface area contributed by atoms with Crippen LogP contribution in [-0.2, 0) is 0 Å². The molecule has 0 aliphatic rings. The maximum atomic E-state index is 2.45. The summed E-state index contributed by atoms with van der Waals surface area (Å²) in [6.07, 6.45) is 0. The Morgan fingerprint density at radius 1 is 0.529 bits per heavy atom. The summed E-state index contributed by atoms with van der Waals surface area (Å²) in [5.74, 6) is 4.81. The second kappa shape index (κ2) is 6.25. The van der Waals surface area contributed by atoms with Crippen LogP contribution >= 0.6 is 0 Å². The molecule has 0 aromatic rings. The summed E-state index contributed by atoms with van der Waals surface area (Å²) < 4.78 is 0. The summed E-state index contributed by atoms with van der Waals surface area (Å²) in [5.41, 5.74) is 0.425. The lowest BCUT2D eigenvalue weighted by Gasteiger charge is -2.40. The molecule has 0 nitrogen and oxygen atoms in total. The van der Waals surface area contributed by atoms with Gasteiger partial charge in [-0.1, -0.05) is 69.2 Å². The molecule has 0 heterocycles. The second-order valence-corrected chi connectivity index (χ2v) is 7.84. The van der Waals surface area contributed by atoms with Crippen molar-refractivity contribution in [2.24, 2.45) is 40.9 Å². The highest BCUT2D eigenvalue weighted by molar-refractivity contribution is 4.81. The van der Waals surface area contributed by atoms with Crippen molar-refractivity contribution in [2.75, 3.05) is 0 Å². The summed E-state index contributed by atoms with van der Waals surface area (Å²) in [4.78, 5) is 0. The third kappa shape index (κ3) is 4.64. The zero-order valence-electron chi connectivity index (χ0n) is 14.0. The maximum Gasteiger partial charge on any atom is -0.0354 e. The molecule has 0 saturated heterocycles.